The Kier molecular flexibility index (Phi) is 8.58. The number of nitrogens with one attached hydrogen (secondary N) is 2. The molecule has 0 saturated carbocycles. The molecule has 0 radical (unpaired) electrons. The second-order valence-electron chi connectivity index (χ2n) is 7.83. The summed E-state index contributed by atoms with van der Waals surface area (Å²) in [6.45, 7) is 9.65. The first-order chi connectivity index (χ1) is 14.7. The molecule has 31 heavy (non-hydrogen) atoms. The summed E-state index contributed by atoms with van der Waals surface area (Å²) in [6, 6.07) is 7.55. The predicted octanol–water partition coefficient (Wildman–Crippen LogP) is 5.24. The topological polar surface area (TPSA) is 84.0 Å². The van der Waals surface area contributed by atoms with E-state index in [9.17, 15) is 9.59 Å². The quantitative estimate of drug-likeness (QED) is 0.576. The van der Waals surface area contributed by atoms with E-state index in [1.54, 1.807) is 6.92 Å². The van der Waals surface area contributed by atoms with Crippen molar-refractivity contribution in [3.05, 3.63) is 46.1 Å². The van der Waals surface area contributed by atoms with Crippen LogP contribution in [0, 0.1) is 18.8 Å². The van der Waals surface area contributed by atoms with Crippen molar-refractivity contribution in [2.24, 2.45) is 0 Å². The highest BCUT2D eigenvalue weighted by Gasteiger charge is 2.19. The van der Waals surface area contributed by atoms with Crippen LogP contribution in [0.2, 0.25) is 5.02 Å². The number of carbonyl (C=O) groups excluding carboxylic acids is 2. The first-order valence-electron chi connectivity index (χ1n) is 10.4. The van der Waals surface area contributed by atoms with Gasteiger partial charge in [-0.25, -0.2) is 4.98 Å². The lowest BCUT2D eigenvalue weighted by molar-refractivity contribution is -0.117. The summed E-state index contributed by atoms with van der Waals surface area (Å²) in [4.78, 5) is 33.0. The Bertz CT molecular complexity index is 1000. The van der Waals surface area contributed by atoms with Crippen LogP contribution in [0.5, 0.6) is 0 Å². The van der Waals surface area contributed by atoms with E-state index in [-0.39, 0.29) is 17.8 Å². The van der Waals surface area contributed by atoms with Gasteiger partial charge in [0.25, 0.3) is 0 Å². The van der Waals surface area contributed by atoms with Crippen molar-refractivity contribution in [3.8, 4) is 11.8 Å². The number of carbonyl (C=O) groups is 2. The minimum atomic E-state index is -0.463. The van der Waals surface area contributed by atoms with E-state index < -0.39 is 5.41 Å². The summed E-state index contributed by atoms with van der Waals surface area (Å²) in [5.74, 6) is 6.55. The fourth-order valence-electron chi connectivity index (χ4n) is 2.86. The Balaban J connectivity index is 2.45. The maximum atomic E-state index is 12.2. The Morgan fingerprint density at radius 2 is 1.58 bits per heavy atom. The van der Waals surface area contributed by atoms with Crippen molar-refractivity contribution < 1.29 is 9.59 Å². The van der Waals surface area contributed by atoms with Gasteiger partial charge in [0.05, 0.1) is 16.7 Å². The van der Waals surface area contributed by atoms with E-state index in [1.165, 1.54) is 0 Å². The van der Waals surface area contributed by atoms with Crippen LogP contribution in [-0.4, -0.2) is 21.8 Å². The first-order valence-corrected chi connectivity index (χ1v) is 10.8. The molecule has 0 fully saturated rings. The van der Waals surface area contributed by atoms with E-state index in [0.717, 1.165) is 5.56 Å². The summed E-state index contributed by atoms with van der Waals surface area (Å²) in [5.41, 5.74) is 1.66. The minimum absolute atomic E-state index is 0.158. The largest absolute Gasteiger partial charge is 0.309 e. The molecular weight excluding hydrogens is 412 g/mol. The van der Waals surface area contributed by atoms with Crippen LogP contribution in [-0.2, 0) is 15.0 Å². The zero-order valence-corrected chi connectivity index (χ0v) is 19.5. The molecule has 6 nitrogen and oxygen atoms in total. The zero-order chi connectivity index (χ0) is 23.0. The SMILES string of the molecule is CCCC(=O)Nc1nc(C)c(C#CC(C)(C)c2ccc(Cl)cc2)c(NC(=O)CCC)n1. The fourth-order valence-corrected chi connectivity index (χ4v) is 2.99. The molecule has 1 aromatic carbocycles. The molecule has 1 aromatic heterocycles. The molecule has 0 atom stereocenters. The highest BCUT2D eigenvalue weighted by Crippen LogP contribution is 2.25. The molecule has 2 N–H and O–H groups in total. The van der Waals surface area contributed by atoms with Crippen LogP contribution in [0.15, 0.2) is 24.3 Å². The third kappa shape index (κ3) is 7.08. The molecule has 0 bridgehead atoms. The highest BCUT2D eigenvalue weighted by molar-refractivity contribution is 6.30. The van der Waals surface area contributed by atoms with Crippen molar-refractivity contribution in [1.82, 2.24) is 9.97 Å². The molecule has 7 heteroatoms. The molecule has 0 aliphatic carbocycles. The molecule has 0 spiro atoms. The van der Waals surface area contributed by atoms with Gasteiger partial charge in [-0.05, 0) is 51.3 Å². The van der Waals surface area contributed by atoms with Gasteiger partial charge in [0.2, 0.25) is 17.8 Å². The number of nitrogens with zero attached hydrogens (tertiary/aromatic N) is 2. The number of hydrogen-bond donors (Lipinski definition) is 2. The maximum absolute atomic E-state index is 12.2. The van der Waals surface area contributed by atoms with Gasteiger partial charge in [-0.3, -0.25) is 14.9 Å². The first kappa shape index (κ1) is 24.4. The molecule has 1 heterocycles. The molecule has 2 rings (SSSR count). The van der Waals surface area contributed by atoms with Crippen molar-refractivity contribution in [2.45, 2.75) is 65.7 Å². The predicted molar refractivity (Wildman–Crippen MR) is 125 cm³/mol. The average Bonchev–Trinajstić information content (AvgIpc) is 2.68. The molecule has 0 saturated heterocycles. The Morgan fingerprint density at radius 1 is 1.00 bits per heavy atom. The maximum Gasteiger partial charge on any atom is 0.231 e. The van der Waals surface area contributed by atoms with Crippen LogP contribution in [0.4, 0.5) is 11.8 Å². The molecule has 0 aliphatic heterocycles. The number of anilines is 2. The van der Waals surface area contributed by atoms with E-state index in [1.807, 2.05) is 52.0 Å². The van der Waals surface area contributed by atoms with E-state index >= 15 is 0 Å². The van der Waals surface area contributed by atoms with Gasteiger partial charge >= 0.3 is 0 Å². The van der Waals surface area contributed by atoms with Gasteiger partial charge in [-0.15, -0.1) is 0 Å². The lowest BCUT2D eigenvalue weighted by Gasteiger charge is -2.18. The van der Waals surface area contributed by atoms with Gasteiger partial charge in [-0.2, -0.15) is 4.98 Å². The fraction of sp³-hybridized carbons (Fsp3) is 0.417. The smallest absolute Gasteiger partial charge is 0.231 e. The minimum Gasteiger partial charge on any atom is -0.309 e. The van der Waals surface area contributed by atoms with Gasteiger partial charge < -0.3 is 5.32 Å². The summed E-state index contributed by atoms with van der Waals surface area (Å²) in [6.07, 6.45) is 2.16. The van der Waals surface area contributed by atoms with Crippen LogP contribution < -0.4 is 10.6 Å². The second kappa shape index (κ2) is 10.9. The normalized spacial score (nSPS) is 10.8. The monoisotopic (exact) mass is 440 g/mol. The molecule has 0 aliphatic rings. The number of amides is 2. The average molecular weight is 441 g/mol. The zero-order valence-electron chi connectivity index (χ0n) is 18.7. The third-order valence-electron chi connectivity index (χ3n) is 4.62. The van der Waals surface area contributed by atoms with Crippen molar-refractivity contribution >= 4 is 35.2 Å². The molecule has 2 aromatic rings. The number of benzene rings is 1. The lowest BCUT2D eigenvalue weighted by atomic mass is 9.85. The van der Waals surface area contributed by atoms with Crippen molar-refractivity contribution in [1.29, 1.82) is 0 Å². The van der Waals surface area contributed by atoms with E-state index in [0.29, 0.717) is 47.8 Å². The Labute approximate surface area is 189 Å². The van der Waals surface area contributed by atoms with Crippen LogP contribution in [0.3, 0.4) is 0 Å². The Morgan fingerprint density at radius 3 is 2.16 bits per heavy atom. The second-order valence-corrected chi connectivity index (χ2v) is 8.27. The summed E-state index contributed by atoms with van der Waals surface area (Å²) < 4.78 is 0. The van der Waals surface area contributed by atoms with Crippen molar-refractivity contribution in [2.75, 3.05) is 10.6 Å². The third-order valence-corrected chi connectivity index (χ3v) is 4.87. The number of aromatic nitrogens is 2. The molecule has 2 amide bonds. The van der Waals surface area contributed by atoms with E-state index in [4.69, 9.17) is 11.6 Å². The van der Waals surface area contributed by atoms with Crippen LogP contribution >= 0.6 is 11.6 Å². The van der Waals surface area contributed by atoms with Gasteiger partial charge in [-0.1, -0.05) is 49.4 Å². The van der Waals surface area contributed by atoms with Crippen LogP contribution in [0.25, 0.3) is 0 Å². The van der Waals surface area contributed by atoms with Gasteiger partial charge in [0.1, 0.15) is 0 Å². The van der Waals surface area contributed by atoms with E-state index in [2.05, 4.69) is 32.4 Å². The number of aryl methyl sites for hydroxylation is 1. The van der Waals surface area contributed by atoms with Gasteiger partial charge in [0, 0.05) is 17.9 Å². The number of hydrogen-bond acceptors (Lipinski definition) is 4. The van der Waals surface area contributed by atoms with Crippen molar-refractivity contribution in [3.63, 3.8) is 0 Å². The Hall–Kier alpha value is -2.91. The summed E-state index contributed by atoms with van der Waals surface area (Å²) in [7, 11) is 0. The highest BCUT2D eigenvalue weighted by atomic mass is 35.5. The summed E-state index contributed by atoms with van der Waals surface area (Å²) >= 11 is 6.00. The molecule has 164 valence electrons. The standard InChI is InChI=1S/C24H29ClN4O2/c1-6-8-20(30)27-22-19(16(3)26-23(29-22)28-21(31)9-7-2)14-15-24(4,5)17-10-12-18(25)13-11-17/h10-13H,6-9H2,1-5H3,(H2,26,27,28,29,30,31). The van der Waals surface area contributed by atoms with Gasteiger partial charge in [0.15, 0.2) is 5.82 Å². The lowest BCUT2D eigenvalue weighted by Crippen LogP contribution is -2.18. The van der Waals surface area contributed by atoms with Crippen LogP contribution in [0.1, 0.15) is 70.2 Å². The molecular formula is C24H29ClN4O2. The number of rotatable bonds is 7. The number of halogens is 1. The summed E-state index contributed by atoms with van der Waals surface area (Å²) in [5, 5.41) is 6.17. The molecule has 0 unspecified atom stereocenters.